The van der Waals surface area contributed by atoms with E-state index >= 15 is 0 Å². The van der Waals surface area contributed by atoms with Crippen molar-refractivity contribution in [2.24, 2.45) is 4.99 Å². The maximum atomic E-state index is 5.66. The highest BCUT2D eigenvalue weighted by Crippen LogP contribution is 2.02. The summed E-state index contributed by atoms with van der Waals surface area (Å²) in [6.45, 7) is 0. The first kappa shape index (κ1) is 6.56. The van der Waals surface area contributed by atoms with E-state index in [-0.39, 0.29) is 0 Å². The number of rotatable bonds is 0. The van der Waals surface area contributed by atoms with Gasteiger partial charge in [-0.25, -0.2) is 4.99 Å². The van der Waals surface area contributed by atoms with Crippen molar-refractivity contribution >= 4 is 16.8 Å². The minimum atomic E-state index is 0.690. The topological polar surface area (TPSA) is 12.4 Å². The van der Waals surface area contributed by atoms with Crippen molar-refractivity contribution in [1.29, 1.82) is 0 Å². The van der Waals surface area contributed by atoms with Gasteiger partial charge in [0, 0.05) is 12.6 Å². The summed E-state index contributed by atoms with van der Waals surface area (Å²) in [6.07, 6.45) is 9.50. The molecule has 0 amide bonds. The highest BCUT2D eigenvalue weighted by Gasteiger charge is 1.90. The summed E-state index contributed by atoms with van der Waals surface area (Å²) in [5.41, 5.74) is 0. The van der Waals surface area contributed by atoms with E-state index in [1.54, 1.807) is 6.20 Å². The lowest BCUT2D eigenvalue weighted by Gasteiger charge is -1.92. The van der Waals surface area contributed by atoms with Crippen molar-refractivity contribution < 1.29 is 0 Å². The molecule has 0 bridgehead atoms. The quantitative estimate of drug-likeness (QED) is 0.492. The monoisotopic (exact) mass is 141 g/mol. The molecule has 1 heterocycles. The van der Waals surface area contributed by atoms with Gasteiger partial charge in [-0.15, -0.1) is 0 Å². The van der Waals surface area contributed by atoms with E-state index in [1.807, 2.05) is 12.2 Å². The van der Waals surface area contributed by atoms with Crippen LogP contribution >= 0.6 is 11.6 Å². The number of allylic oxidation sites excluding steroid dienone is 3. The molecule has 9 heavy (non-hydrogen) atoms. The second kappa shape index (κ2) is 3.46. The Hall–Kier alpha value is -0.560. The van der Waals surface area contributed by atoms with Gasteiger partial charge < -0.3 is 0 Å². The van der Waals surface area contributed by atoms with E-state index in [0.29, 0.717) is 5.17 Å². The smallest absolute Gasteiger partial charge is 0.106 e. The van der Waals surface area contributed by atoms with Gasteiger partial charge in [-0.1, -0.05) is 23.8 Å². The molecule has 1 aliphatic heterocycles. The maximum Gasteiger partial charge on any atom is 0.106 e. The molecular weight excluding hydrogens is 134 g/mol. The molecule has 1 nitrogen and oxygen atoms in total. The normalized spacial score (nSPS) is 18.6. The van der Waals surface area contributed by atoms with Crippen molar-refractivity contribution in [2.45, 2.75) is 12.8 Å². The molecule has 48 valence electrons. The molecule has 0 saturated heterocycles. The summed E-state index contributed by atoms with van der Waals surface area (Å²) in [5, 5.41) is 0.690. The van der Waals surface area contributed by atoms with Gasteiger partial charge in [-0.3, -0.25) is 0 Å². The minimum absolute atomic E-state index is 0.690. The van der Waals surface area contributed by atoms with Crippen LogP contribution in [-0.2, 0) is 0 Å². The van der Waals surface area contributed by atoms with Gasteiger partial charge in [0.2, 0.25) is 0 Å². The van der Waals surface area contributed by atoms with Crippen LogP contribution in [0.5, 0.6) is 0 Å². The van der Waals surface area contributed by atoms with Crippen LogP contribution in [0.2, 0.25) is 0 Å². The van der Waals surface area contributed by atoms with Crippen LogP contribution in [-0.4, -0.2) is 5.17 Å². The Balaban J connectivity index is 2.62. The predicted octanol–water partition coefficient (Wildman–Crippen LogP) is 2.49. The molecule has 1 rings (SSSR count). The standard InChI is InChI=1S/C7H8ClN/c8-7-5-3-1-2-4-6-9-7/h1-2,4,6H,3,5H2. The summed E-state index contributed by atoms with van der Waals surface area (Å²) in [7, 11) is 0. The zero-order valence-corrected chi connectivity index (χ0v) is 5.80. The van der Waals surface area contributed by atoms with E-state index in [9.17, 15) is 0 Å². The molecule has 0 aliphatic carbocycles. The summed E-state index contributed by atoms with van der Waals surface area (Å²) < 4.78 is 0. The Labute approximate surface area is 59.7 Å². The lowest BCUT2D eigenvalue weighted by Crippen LogP contribution is -1.85. The van der Waals surface area contributed by atoms with Crippen LogP contribution < -0.4 is 0 Å². The Kier molecular flexibility index (Phi) is 2.52. The molecule has 0 aromatic rings. The van der Waals surface area contributed by atoms with Gasteiger partial charge >= 0.3 is 0 Å². The van der Waals surface area contributed by atoms with E-state index in [4.69, 9.17) is 11.6 Å². The molecule has 1 aliphatic rings. The fourth-order valence-corrected chi connectivity index (χ4v) is 0.781. The van der Waals surface area contributed by atoms with Crippen molar-refractivity contribution in [3.05, 3.63) is 24.4 Å². The molecular formula is C7H8ClN. The van der Waals surface area contributed by atoms with Crippen LogP contribution in [0.3, 0.4) is 0 Å². The fourth-order valence-electron chi connectivity index (χ4n) is 0.615. The Morgan fingerprint density at radius 1 is 1.44 bits per heavy atom. The third kappa shape index (κ3) is 2.47. The molecule has 2 heteroatoms. The zero-order valence-electron chi connectivity index (χ0n) is 5.05. The number of aliphatic imine (C=N–C) groups is 1. The van der Waals surface area contributed by atoms with Gasteiger partial charge in [0.25, 0.3) is 0 Å². The molecule has 0 unspecified atom stereocenters. The predicted molar refractivity (Wildman–Crippen MR) is 40.8 cm³/mol. The van der Waals surface area contributed by atoms with E-state index < -0.39 is 0 Å². The Morgan fingerprint density at radius 2 is 2.33 bits per heavy atom. The SMILES string of the molecule is ClC1=NC=CC=CCC1. The van der Waals surface area contributed by atoms with Gasteiger partial charge in [0.1, 0.15) is 5.17 Å². The number of nitrogens with zero attached hydrogens (tertiary/aromatic N) is 1. The third-order valence-electron chi connectivity index (χ3n) is 1.07. The summed E-state index contributed by atoms with van der Waals surface area (Å²) in [4.78, 5) is 3.93. The Bertz CT molecular complexity index is 168. The largest absolute Gasteiger partial charge is 0.249 e. The zero-order chi connectivity index (χ0) is 6.53. The Morgan fingerprint density at radius 3 is 3.22 bits per heavy atom. The molecule has 0 atom stereocenters. The molecule has 0 aromatic carbocycles. The molecule has 0 N–H and O–H groups in total. The molecule has 0 fully saturated rings. The lowest BCUT2D eigenvalue weighted by atomic mass is 10.3. The third-order valence-corrected chi connectivity index (χ3v) is 1.35. The van der Waals surface area contributed by atoms with Crippen molar-refractivity contribution in [1.82, 2.24) is 0 Å². The highest BCUT2D eigenvalue weighted by atomic mass is 35.5. The summed E-state index contributed by atoms with van der Waals surface area (Å²) in [5.74, 6) is 0. The van der Waals surface area contributed by atoms with Gasteiger partial charge in [0.05, 0.1) is 0 Å². The molecule has 0 aromatic heterocycles. The maximum absolute atomic E-state index is 5.66. The van der Waals surface area contributed by atoms with E-state index in [0.717, 1.165) is 12.8 Å². The van der Waals surface area contributed by atoms with Crippen molar-refractivity contribution in [3.63, 3.8) is 0 Å². The first-order valence-corrected chi connectivity index (χ1v) is 3.31. The second-order valence-corrected chi connectivity index (χ2v) is 2.25. The number of hydrogen-bond acceptors (Lipinski definition) is 1. The molecule has 0 spiro atoms. The average Bonchev–Trinajstić information content (AvgIpc) is 1.79. The van der Waals surface area contributed by atoms with Crippen LogP contribution in [0.25, 0.3) is 0 Å². The molecule has 0 saturated carbocycles. The summed E-state index contributed by atoms with van der Waals surface area (Å²) in [6, 6.07) is 0. The minimum Gasteiger partial charge on any atom is -0.249 e. The first-order valence-electron chi connectivity index (χ1n) is 2.93. The van der Waals surface area contributed by atoms with Gasteiger partial charge in [-0.05, 0) is 12.5 Å². The van der Waals surface area contributed by atoms with Crippen LogP contribution in [0.4, 0.5) is 0 Å². The van der Waals surface area contributed by atoms with Crippen LogP contribution in [0, 0.1) is 0 Å². The number of hydrogen-bond donors (Lipinski definition) is 0. The van der Waals surface area contributed by atoms with Gasteiger partial charge in [-0.2, -0.15) is 0 Å². The van der Waals surface area contributed by atoms with Crippen LogP contribution in [0.1, 0.15) is 12.8 Å². The first-order chi connectivity index (χ1) is 4.39. The second-order valence-electron chi connectivity index (χ2n) is 1.81. The van der Waals surface area contributed by atoms with Gasteiger partial charge in [0.15, 0.2) is 0 Å². The number of halogens is 1. The highest BCUT2D eigenvalue weighted by molar-refractivity contribution is 6.65. The van der Waals surface area contributed by atoms with Crippen molar-refractivity contribution in [2.75, 3.05) is 0 Å². The average molecular weight is 142 g/mol. The van der Waals surface area contributed by atoms with E-state index in [1.165, 1.54) is 0 Å². The molecule has 0 radical (unpaired) electrons. The lowest BCUT2D eigenvalue weighted by molar-refractivity contribution is 1.10. The summed E-state index contributed by atoms with van der Waals surface area (Å²) >= 11 is 5.66. The fraction of sp³-hybridized carbons (Fsp3) is 0.286. The van der Waals surface area contributed by atoms with Crippen LogP contribution in [0.15, 0.2) is 29.4 Å². The van der Waals surface area contributed by atoms with Crippen molar-refractivity contribution in [3.8, 4) is 0 Å². The van der Waals surface area contributed by atoms with E-state index in [2.05, 4.69) is 11.1 Å².